The summed E-state index contributed by atoms with van der Waals surface area (Å²) in [6.07, 6.45) is 13.4. The van der Waals surface area contributed by atoms with E-state index in [1.54, 1.807) is 0 Å². The molecule has 0 radical (unpaired) electrons. The average Bonchev–Trinajstić information content (AvgIpc) is 3.04. The standard InChI is InChI=1S/C19H31N5/c1-2-3-4-5-6-7-8-9-10-14-17-24-19(21-22-23-24)20-18-15-12-11-13-16-18/h11-13,15-16H,2-10,14,17H2,1H3,(H,20,21,23). The second-order valence-corrected chi connectivity index (χ2v) is 6.40. The van der Waals surface area contributed by atoms with Crippen LogP contribution in [-0.2, 0) is 6.54 Å². The van der Waals surface area contributed by atoms with E-state index in [9.17, 15) is 0 Å². The summed E-state index contributed by atoms with van der Waals surface area (Å²) in [7, 11) is 0. The molecular weight excluding hydrogens is 298 g/mol. The van der Waals surface area contributed by atoms with E-state index in [2.05, 4.69) is 27.8 Å². The van der Waals surface area contributed by atoms with Crippen LogP contribution in [-0.4, -0.2) is 20.2 Å². The molecule has 0 amide bonds. The van der Waals surface area contributed by atoms with Crippen molar-refractivity contribution in [1.82, 2.24) is 20.2 Å². The number of hydrogen-bond donors (Lipinski definition) is 1. The van der Waals surface area contributed by atoms with Gasteiger partial charge in [0.05, 0.1) is 0 Å². The highest BCUT2D eigenvalue weighted by Gasteiger charge is 2.05. The number of nitrogens with one attached hydrogen (secondary N) is 1. The maximum atomic E-state index is 4.08. The molecule has 0 saturated carbocycles. The van der Waals surface area contributed by atoms with E-state index in [1.165, 1.54) is 57.8 Å². The number of nitrogens with zero attached hydrogens (tertiary/aromatic N) is 4. The summed E-state index contributed by atoms with van der Waals surface area (Å²) in [5.74, 6) is 0.720. The van der Waals surface area contributed by atoms with E-state index in [4.69, 9.17) is 0 Å². The first-order valence-electron chi connectivity index (χ1n) is 9.48. The highest BCUT2D eigenvalue weighted by molar-refractivity contribution is 5.52. The molecule has 2 aromatic rings. The van der Waals surface area contributed by atoms with Crippen LogP contribution in [0, 0.1) is 0 Å². The first kappa shape index (κ1) is 18.4. The van der Waals surface area contributed by atoms with Gasteiger partial charge in [0.15, 0.2) is 0 Å². The highest BCUT2D eigenvalue weighted by atomic mass is 15.6. The van der Waals surface area contributed by atoms with Gasteiger partial charge in [-0.15, -0.1) is 0 Å². The van der Waals surface area contributed by atoms with Crippen LogP contribution in [0.5, 0.6) is 0 Å². The zero-order valence-corrected chi connectivity index (χ0v) is 15.0. The summed E-state index contributed by atoms with van der Waals surface area (Å²) in [5, 5.41) is 15.2. The molecular formula is C19H31N5. The third-order valence-corrected chi connectivity index (χ3v) is 4.29. The lowest BCUT2D eigenvalue weighted by atomic mass is 10.1. The van der Waals surface area contributed by atoms with E-state index in [0.29, 0.717) is 0 Å². The van der Waals surface area contributed by atoms with Gasteiger partial charge in [-0.05, 0) is 29.0 Å². The van der Waals surface area contributed by atoms with Crippen LogP contribution in [0.4, 0.5) is 11.6 Å². The zero-order valence-electron chi connectivity index (χ0n) is 15.0. The largest absolute Gasteiger partial charge is 0.323 e. The Morgan fingerprint density at radius 2 is 1.46 bits per heavy atom. The van der Waals surface area contributed by atoms with Gasteiger partial charge in [-0.2, -0.15) is 0 Å². The number of unbranched alkanes of at least 4 members (excludes halogenated alkanes) is 9. The molecule has 5 nitrogen and oxygen atoms in total. The Bertz CT molecular complexity index is 538. The molecule has 0 aliphatic carbocycles. The Morgan fingerprint density at radius 3 is 2.12 bits per heavy atom. The van der Waals surface area contributed by atoms with E-state index in [1.807, 2.05) is 35.0 Å². The van der Waals surface area contributed by atoms with Gasteiger partial charge in [-0.1, -0.05) is 88.0 Å². The van der Waals surface area contributed by atoms with Gasteiger partial charge in [-0.3, -0.25) is 0 Å². The van der Waals surface area contributed by atoms with Gasteiger partial charge >= 0.3 is 0 Å². The van der Waals surface area contributed by atoms with Crippen LogP contribution in [0.25, 0.3) is 0 Å². The fraction of sp³-hybridized carbons (Fsp3) is 0.632. The van der Waals surface area contributed by atoms with Gasteiger partial charge in [0.25, 0.3) is 0 Å². The summed E-state index contributed by atoms with van der Waals surface area (Å²) in [6, 6.07) is 10.0. The zero-order chi connectivity index (χ0) is 16.9. The molecule has 0 aliphatic heterocycles. The van der Waals surface area contributed by atoms with Crippen LogP contribution in [0.2, 0.25) is 0 Å². The van der Waals surface area contributed by atoms with Crippen LogP contribution in [0.15, 0.2) is 30.3 Å². The lowest BCUT2D eigenvalue weighted by Crippen LogP contribution is -2.06. The lowest BCUT2D eigenvalue weighted by molar-refractivity contribution is 0.510. The normalized spacial score (nSPS) is 10.9. The Labute approximate surface area is 145 Å². The molecule has 24 heavy (non-hydrogen) atoms. The number of aryl methyl sites for hydroxylation is 1. The van der Waals surface area contributed by atoms with Crippen LogP contribution < -0.4 is 5.32 Å². The van der Waals surface area contributed by atoms with Crippen molar-refractivity contribution in [2.75, 3.05) is 5.32 Å². The fourth-order valence-electron chi connectivity index (χ4n) is 2.84. The Kier molecular flexibility index (Phi) is 8.91. The maximum Gasteiger partial charge on any atom is 0.247 e. The smallest absolute Gasteiger partial charge is 0.247 e. The van der Waals surface area contributed by atoms with E-state index in [-0.39, 0.29) is 0 Å². The van der Waals surface area contributed by atoms with Crippen LogP contribution in [0.3, 0.4) is 0 Å². The van der Waals surface area contributed by atoms with Crippen LogP contribution in [0.1, 0.15) is 71.1 Å². The van der Waals surface area contributed by atoms with Gasteiger partial charge in [0, 0.05) is 12.2 Å². The predicted molar refractivity (Wildman–Crippen MR) is 99.4 cm³/mol. The lowest BCUT2D eigenvalue weighted by Gasteiger charge is -2.07. The molecule has 0 fully saturated rings. The minimum absolute atomic E-state index is 0.720. The number of aromatic nitrogens is 4. The molecule has 132 valence electrons. The number of rotatable bonds is 13. The van der Waals surface area contributed by atoms with Crippen molar-refractivity contribution in [2.45, 2.75) is 77.7 Å². The molecule has 1 aromatic carbocycles. The Balaban J connectivity index is 1.56. The summed E-state index contributed by atoms with van der Waals surface area (Å²) < 4.78 is 1.86. The number of tetrazole rings is 1. The molecule has 0 aliphatic rings. The van der Waals surface area contributed by atoms with Crippen molar-refractivity contribution in [3.8, 4) is 0 Å². The van der Waals surface area contributed by atoms with Crippen molar-refractivity contribution in [3.63, 3.8) is 0 Å². The topological polar surface area (TPSA) is 55.6 Å². The molecule has 0 saturated heterocycles. The highest BCUT2D eigenvalue weighted by Crippen LogP contribution is 2.14. The molecule has 0 bridgehead atoms. The molecule has 5 heteroatoms. The van der Waals surface area contributed by atoms with E-state index in [0.717, 1.165) is 24.6 Å². The average molecular weight is 329 g/mol. The molecule has 1 aromatic heterocycles. The van der Waals surface area contributed by atoms with Gasteiger partial charge < -0.3 is 5.32 Å². The fourth-order valence-corrected chi connectivity index (χ4v) is 2.84. The Hall–Kier alpha value is -1.91. The molecule has 1 N–H and O–H groups in total. The number of para-hydroxylation sites is 1. The minimum Gasteiger partial charge on any atom is -0.323 e. The summed E-state index contributed by atoms with van der Waals surface area (Å²) in [6.45, 7) is 3.14. The summed E-state index contributed by atoms with van der Waals surface area (Å²) >= 11 is 0. The summed E-state index contributed by atoms with van der Waals surface area (Å²) in [5.41, 5.74) is 1.01. The van der Waals surface area contributed by atoms with Crippen molar-refractivity contribution >= 4 is 11.6 Å². The second kappa shape index (κ2) is 11.6. The molecule has 1 heterocycles. The predicted octanol–water partition coefficient (Wildman–Crippen LogP) is 5.34. The van der Waals surface area contributed by atoms with Crippen LogP contribution >= 0.6 is 0 Å². The van der Waals surface area contributed by atoms with Gasteiger partial charge in [0.1, 0.15) is 0 Å². The van der Waals surface area contributed by atoms with Crippen molar-refractivity contribution in [2.24, 2.45) is 0 Å². The van der Waals surface area contributed by atoms with E-state index >= 15 is 0 Å². The maximum absolute atomic E-state index is 4.08. The summed E-state index contributed by atoms with van der Waals surface area (Å²) in [4.78, 5) is 0. The quantitative estimate of drug-likeness (QED) is 0.504. The number of benzene rings is 1. The van der Waals surface area contributed by atoms with Gasteiger partial charge in [-0.25, -0.2) is 4.68 Å². The Morgan fingerprint density at radius 1 is 0.833 bits per heavy atom. The monoisotopic (exact) mass is 329 g/mol. The molecule has 0 atom stereocenters. The van der Waals surface area contributed by atoms with Crippen molar-refractivity contribution < 1.29 is 0 Å². The third-order valence-electron chi connectivity index (χ3n) is 4.29. The number of anilines is 2. The second-order valence-electron chi connectivity index (χ2n) is 6.40. The first-order valence-corrected chi connectivity index (χ1v) is 9.48. The molecule has 0 unspecified atom stereocenters. The van der Waals surface area contributed by atoms with E-state index < -0.39 is 0 Å². The third kappa shape index (κ3) is 7.11. The first-order chi connectivity index (χ1) is 11.9. The van der Waals surface area contributed by atoms with Gasteiger partial charge in [0.2, 0.25) is 5.95 Å². The molecule has 2 rings (SSSR count). The molecule has 0 spiro atoms. The SMILES string of the molecule is CCCCCCCCCCCCn1nnnc1Nc1ccccc1. The minimum atomic E-state index is 0.720. The van der Waals surface area contributed by atoms with Crippen molar-refractivity contribution in [1.29, 1.82) is 0 Å². The number of hydrogen-bond acceptors (Lipinski definition) is 4. The van der Waals surface area contributed by atoms with Crippen molar-refractivity contribution in [3.05, 3.63) is 30.3 Å².